The Kier molecular flexibility index (Phi) is 4.00. The zero-order valence-corrected chi connectivity index (χ0v) is 13.3. The van der Waals surface area contributed by atoms with Gasteiger partial charge in [-0.2, -0.15) is 0 Å². The first-order valence-electron chi connectivity index (χ1n) is 7.42. The van der Waals surface area contributed by atoms with Gasteiger partial charge in [0.1, 0.15) is 5.76 Å². The Morgan fingerprint density at radius 3 is 2.67 bits per heavy atom. The third-order valence-electron chi connectivity index (χ3n) is 3.79. The number of cyclic esters (lactones) is 1. The Morgan fingerprint density at radius 1 is 1.12 bits per heavy atom. The Labute approximate surface area is 139 Å². The molecule has 0 spiro atoms. The van der Waals surface area contributed by atoms with Crippen molar-refractivity contribution in [1.82, 2.24) is 0 Å². The summed E-state index contributed by atoms with van der Waals surface area (Å²) in [4.78, 5) is 22.5. The highest BCUT2D eigenvalue weighted by Gasteiger charge is 2.23. The Hall–Kier alpha value is -3.21. The van der Waals surface area contributed by atoms with Gasteiger partial charge in [0.2, 0.25) is 0 Å². The smallest absolute Gasteiger partial charge is 0.343 e. The van der Waals surface area contributed by atoms with Crippen molar-refractivity contribution in [3.63, 3.8) is 0 Å². The third kappa shape index (κ3) is 3.10. The van der Waals surface area contributed by atoms with Crippen LogP contribution in [0.2, 0.25) is 0 Å². The standard InChI is InChI=1S/C19H15NO4/c1-12-6-7-13(2)17(8-12)18-11-15(19(21)24-18)9-14-4-3-5-16(10-14)20(22)23/h3-11H,1-2H3/b15-9+. The molecule has 0 atom stereocenters. The summed E-state index contributed by atoms with van der Waals surface area (Å²) in [5.41, 5.74) is 3.88. The molecule has 0 fully saturated rings. The first kappa shape index (κ1) is 15.7. The minimum atomic E-state index is -0.466. The molecule has 3 rings (SSSR count). The number of rotatable bonds is 3. The van der Waals surface area contributed by atoms with E-state index < -0.39 is 10.9 Å². The van der Waals surface area contributed by atoms with E-state index in [0.29, 0.717) is 16.9 Å². The molecule has 5 nitrogen and oxygen atoms in total. The molecule has 0 unspecified atom stereocenters. The molecular formula is C19H15NO4. The van der Waals surface area contributed by atoms with Crippen molar-refractivity contribution in [2.75, 3.05) is 0 Å². The molecule has 0 aromatic heterocycles. The summed E-state index contributed by atoms with van der Waals surface area (Å²) >= 11 is 0. The van der Waals surface area contributed by atoms with Crippen LogP contribution < -0.4 is 0 Å². The van der Waals surface area contributed by atoms with Crippen LogP contribution in [-0.4, -0.2) is 10.9 Å². The molecular weight excluding hydrogens is 306 g/mol. The largest absolute Gasteiger partial charge is 0.422 e. The second-order valence-electron chi connectivity index (χ2n) is 5.67. The van der Waals surface area contributed by atoms with Gasteiger partial charge in [-0.3, -0.25) is 10.1 Å². The van der Waals surface area contributed by atoms with E-state index in [-0.39, 0.29) is 5.69 Å². The quantitative estimate of drug-likeness (QED) is 0.368. The molecule has 1 aliphatic rings. The Morgan fingerprint density at radius 2 is 1.92 bits per heavy atom. The zero-order valence-electron chi connectivity index (χ0n) is 13.3. The Balaban J connectivity index is 1.99. The van der Waals surface area contributed by atoms with Crippen LogP contribution in [-0.2, 0) is 9.53 Å². The molecule has 0 saturated carbocycles. The van der Waals surface area contributed by atoms with Crippen LogP contribution in [0.4, 0.5) is 5.69 Å². The summed E-state index contributed by atoms with van der Waals surface area (Å²) < 4.78 is 5.37. The molecule has 24 heavy (non-hydrogen) atoms. The molecule has 2 aromatic rings. The first-order valence-corrected chi connectivity index (χ1v) is 7.42. The minimum absolute atomic E-state index is 0.0190. The highest BCUT2D eigenvalue weighted by Crippen LogP contribution is 2.30. The van der Waals surface area contributed by atoms with E-state index in [1.54, 1.807) is 24.3 Å². The van der Waals surface area contributed by atoms with Crippen LogP contribution in [0, 0.1) is 24.0 Å². The molecule has 0 saturated heterocycles. The predicted molar refractivity (Wildman–Crippen MR) is 91.1 cm³/mol. The maximum atomic E-state index is 12.1. The molecule has 0 aliphatic carbocycles. The van der Waals surface area contributed by atoms with Gasteiger partial charge >= 0.3 is 5.97 Å². The molecule has 2 aromatic carbocycles. The molecule has 1 heterocycles. The average Bonchev–Trinajstić information content (AvgIpc) is 2.90. The van der Waals surface area contributed by atoms with Gasteiger partial charge in [-0.1, -0.05) is 29.8 Å². The molecule has 1 aliphatic heterocycles. The number of hydrogen-bond donors (Lipinski definition) is 0. The molecule has 5 heteroatoms. The van der Waals surface area contributed by atoms with E-state index >= 15 is 0 Å². The van der Waals surface area contributed by atoms with E-state index in [0.717, 1.165) is 16.7 Å². The number of carbonyl (C=O) groups is 1. The number of carbonyl (C=O) groups excluding carboxylic acids is 1. The third-order valence-corrected chi connectivity index (χ3v) is 3.79. The molecule has 0 bridgehead atoms. The van der Waals surface area contributed by atoms with Crippen molar-refractivity contribution < 1.29 is 14.5 Å². The Bertz CT molecular complexity index is 909. The van der Waals surface area contributed by atoms with Gasteiger partial charge in [-0.25, -0.2) is 4.79 Å². The van der Waals surface area contributed by atoms with Gasteiger partial charge in [0.15, 0.2) is 0 Å². The topological polar surface area (TPSA) is 69.4 Å². The SMILES string of the molecule is Cc1ccc(C)c(C2=C/C(=C\c3cccc([N+](=O)[O-])c3)C(=O)O2)c1. The fourth-order valence-electron chi connectivity index (χ4n) is 2.53. The van der Waals surface area contributed by atoms with E-state index in [1.807, 2.05) is 32.0 Å². The van der Waals surface area contributed by atoms with E-state index in [1.165, 1.54) is 12.1 Å². The van der Waals surface area contributed by atoms with Crippen LogP contribution in [0.5, 0.6) is 0 Å². The summed E-state index contributed by atoms with van der Waals surface area (Å²) in [6.45, 7) is 3.92. The maximum absolute atomic E-state index is 12.1. The number of ether oxygens (including phenoxy) is 1. The van der Waals surface area contributed by atoms with Gasteiger partial charge in [-0.15, -0.1) is 0 Å². The maximum Gasteiger partial charge on any atom is 0.343 e. The van der Waals surface area contributed by atoms with Gasteiger partial charge in [0, 0.05) is 17.7 Å². The van der Waals surface area contributed by atoms with Gasteiger partial charge in [0.05, 0.1) is 10.5 Å². The van der Waals surface area contributed by atoms with E-state index in [2.05, 4.69) is 0 Å². The lowest BCUT2D eigenvalue weighted by Crippen LogP contribution is -1.98. The molecule has 0 N–H and O–H groups in total. The highest BCUT2D eigenvalue weighted by molar-refractivity contribution is 6.05. The molecule has 0 radical (unpaired) electrons. The lowest BCUT2D eigenvalue weighted by Gasteiger charge is -2.06. The second kappa shape index (κ2) is 6.12. The molecule has 120 valence electrons. The fourth-order valence-corrected chi connectivity index (χ4v) is 2.53. The summed E-state index contributed by atoms with van der Waals surface area (Å²) in [6.07, 6.45) is 3.26. The number of non-ortho nitro benzene ring substituents is 1. The average molecular weight is 321 g/mol. The van der Waals surface area contributed by atoms with Crippen LogP contribution in [0.3, 0.4) is 0 Å². The van der Waals surface area contributed by atoms with Crippen molar-refractivity contribution in [2.45, 2.75) is 13.8 Å². The van der Waals surface area contributed by atoms with Crippen molar-refractivity contribution in [3.05, 3.63) is 86.5 Å². The van der Waals surface area contributed by atoms with Crippen molar-refractivity contribution >= 4 is 23.5 Å². The number of esters is 1. The van der Waals surface area contributed by atoms with Gasteiger partial charge in [0.25, 0.3) is 5.69 Å². The van der Waals surface area contributed by atoms with Crippen LogP contribution in [0.15, 0.2) is 54.1 Å². The van der Waals surface area contributed by atoms with Crippen molar-refractivity contribution in [3.8, 4) is 0 Å². The first-order chi connectivity index (χ1) is 11.4. The normalized spacial score (nSPS) is 15.3. The van der Waals surface area contributed by atoms with Crippen LogP contribution in [0.25, 0.3) is 11.8 Å². The van der Waals surface area contributed by atoms with Crippen LogP contribution in [0.1, 0.15) is 22.3 Å². The fraction of sp³-hybridized carbons (Fsp3) is 0.105. The van der Waals surface area contributed by atoms with Crippen molar-refractivity contribution in [2.24, 2.45) is 0 Å². The summed E-state index contributed by atoms with van der Waals surface area (Å²) in [5, 5.41) is 10.8. The number of benzene rings is 2. The summed E-state index contributed by atoms with van der Waals surface area (Å²) in [6, 6.07) is 12.1. The molecule has 0 amide bonds. The number of aryl methyl sites for hydroxylation is 2. The van der Waals surface area contributed by atoms with E-state index in [4.69, 9.17) is 4.74 Å². The lowest BCUT2D eigenvalue weighted by atomic mass is 10.0. The highest BCUT2D eigenvalue weighted by atomic mass is 16.6. The van der Waals surface area contributed by atoms with Crippen LogP contribution >= 0.6 is 0 Å². The van der Waals surface area contributed by atoms with E-state index in [9.17, 15) is 14.9 Å². The van der Waals surface area contributed by atoms with Gasteiger partial charge < -0.3 is 4.74 Å². The van der Waals surface area contributed by atoms with Crippen molar-refractivity contribution in [1.29, 1.82) is 0 Å². The van der Waals surface area contributed by atoms with Gasteiger partial charge in [-0.05, 0) is 43.2 Å². The number of nitrogens with zero attached hydrogens (tertiary/aromatic N) is 1. The minimum Gasteiger partial charge on any atom is -0.422 e. The predicted octanol–water partition coefficient (Wildman–Crippen LogP) is 4.19. The monoisotopic (exact) mass is 321 g/mol. The summed E-state index contributed by atoms with van der Waals surface area (Å²) in [7, 11) is 0. The number of nitro benzene ring substituents is 1. The summed E-state index contributed by atoms with van der Waals surface area (Å²) in [5.74, 6) is 0.0373. The number of hydrogen-bond acceptors (Lipinski definition) is 4. The lowest BCUT2D eigenvalue weighted by molar-refractivity contribution is -0.384. The second-order valence-corrected chi connectivity index (χ2v) is 5.67. The number of nitro groups is 1. The zero-order chi connectivity index (χ0) is 17.3.